The summed E-state index contributed by atoms with van der Waals surface area (Å²) in [6, 6.07) is 4.69. The molecule has 2 fully saturated rings. The SMILES string of the molecule is Cc1ccc(C(=O)N2CC3CCC(O)C3C2)c(F)c1. The van der Waals surface area contributed by atoms with E-state index in [9.17, 15) is 14.3 Å². The Morgan fingerprint density at radius 1 is 1.37 bits per heavy atom. The fourth-order valence-electron chi connectivity index (χ4n) is 3.37. The number of benzene rings is 1. The molecule has 0 bridgehead atoms. The summed E-state index contributed by atoms with van der Waals surface area (Å²) in [7, 11) is 0. The Bertz CT molecular complexity index is 517. The second-order valence-electron chi connectivity index (χ2n) is 5.76. The first-order valence-electron chi connectivity index (χ1n) is 6.80. The van der Waals surface area contributed by atoms with Gasteiger partial charge in [-0.25, -0.2) is 4.39 Å². The van der Waals surface area contributed by atoms with E-state index in [1.165, 1.54) is 6.07 Å². The van der Waals surface area contributed by atoms with Crippen molar-refractivity contribution in [2.75, 3.05) is 13.1 Å². The van der Waals surface area contributed by atoms with Crippen molar-refractivity contribution in [1.29, 1.82) is 0 Å². The van der Waals surface area contributed by atoms with E-state index in [1.54, 1.807) is 24.0 Å². The fraction of sp³-hybridized carbons (Fsp3) is 0.533. The van der Waals surface area contributed by atoms with Gasteiger partial charge >= 0.3 is 0 Å². The number of aliphatic hydroxyl groups excluding tert-OH is 1. The highest BCUT2D eigenvalue weighted by molar-refractivity contribution is 5.94. The molecule has 19 heavy (non-hydrogen) atoms. The highest BCUT2D eigenvalue weighted by Gasteiger charge is 2.43. The van der Waals surface area contributed by atoms with Crippen LogP contribution in [-0.2, 0) is 0 Å². The number of amides is 1. The van der Waals surface area contributed by atoms with Crippen molar-refractivity contribution in [3.05, 3.63) is 35.1 Å². The predicted octanol–water partition coefficient (Wildman–Crippen LogP) is 1.98. The van der Waals surface area contributed by atoms with Crippen LogP contribution in [0.4, 0.5) is 4.39 Å². The summed E-state index contributed by atoms with van der Waals surface area (Å²) in [5.74, 6) is -0.147. The molecule has 1 saturated carbocycles. The van der Waals surface area contributed by atoms with Gasteiger partial charge in [0.15, 0.2) is 0 Å². The smallest absolute Gasteiger partial charge is 0.256 e. The van der Waals surface area contributed by atoms with Gasteiger partial charge in [0.1, 0.15) is 5.82 Å². The third kappa shape index (κ3) is 2.14. The van der Waals surface area contributed by atoms with Gasteiger partial charge in [0, 0.05) is 19.0 Å². The molecule has 1 amide bonds. The first kappa shape index (κ1) is 12.6. The average Bonchev–Trinajstić information content (AvgIpc) is 2.91. The van der Waals surface area contributed by atoms with Gasteiger partial charge in [-0.2, -0.15) is 0 Å². The van der Waals surface area contributed by atoms with Crippen molar-refractivity contribution in [2.24, 2.45) is 11.8 Å². The largest absolute Gasteiger partial charge is 0.393 e. The molecule has 2 aliphatic rings. The van der Waals surface area contributed by atoms with Crippen molar-refractivity contribution in [3.8, 4) is 0 Å². The molecular formula is C15H18FNO2. The Morgan fingerprint density at radius 2 is 2.16 bits per heavy atom. The number of carbonyl (C=O) groups is 1. The number of rotatable bonds is 1. The van der Waals surface area contributed by atoms with Crippen LogP contribution in [0.5, 0.6) is 0 Å². The summed E-state index contributed by atoms with van der Waals surface area (Å²) in [5, 5.41) is 9.85. The molecule has 3 nitrogen and oxygen atoms in total. The van der Waals surface area contributed by atoms with Crippen LogP contribution in [0.3, 0.4) is 0 Å². The van der Waals surface area contributed by atoms with Crippen LogP contribution in [0.2, 0.25) is 0 Å². The number of fused-ring (bicyclic) bond motifs is 1. The third-order valence-electron chi connectivity index (χ3n) is 4.46. The van der Waals surface area contributed by atoms with E-state index >= 15 is 0 Å². The number of hydrogen-bond acceptors (Lipinski definition) is 2. The van der Waals surface area contributed by atoms with Gasteiger partial charge in [-0.3, -0.25) is 4.79 Å². The van der Waals surface area contributed by atoms with E-state index in [0.717, 1.165) is 18.4 Å². The number of halogens is 1. The van der Waals surface area contributed by atoms with Crippen molar-refractivity contribution in [1.82, 2.24) is 4.90 Å². The normalized spacial score (nSPS) is 29.6. The molecule has 1 aromatic rings. The molecule has 3 rings (SSSR count). The summed E-state index contributed by atoms with van der Waals surface area (Å²) in [6.07, 6.45) is 1.49. The van der Waals surface area contributed by atoms with Crippen LogP contribution in [0.15, 0.2) is 18.2 Å². The van der Waals surface area contributed by atoms with Crippen LogP contribution >= 0.6 is 0 Å². The molecule has 1 saturated heterocycles. The molecule has 0 spiro atoms. The van der Waals surface area contributed by atoms with Crippen molar-refractivity contribution in [2.45, 2.75) is 25.9 Å². The first-order chi connectivity index (χ1) is 9.06. The maximum atomic E-state index is 13.8. The zero-order chi connectivity index (χ0) is 13.6. The van der Waals surface area contributed by atoms with E-state index in [0.29, 0.717) is 19.0 Å². The van der Waals surface area contributed by atoms with E-state index in [-0.39, 0.29) is 23.5 Å². The number of likely N-dealkylation sites (tertiary alicyclic amines) is 1. The summed E-state index contributed by atoms with van der Waals surface area (Å²) in [5.41, 5.74) is 0.947. The van der Waals surface area contributed by atoms with Crippen LogP contribution in [0.1, 0.15) is 28.8 Å². The van der Waals surface area contributed by atoms with Gasteiger partial charge in [-0.1, -0.05) is 6.07 Å². The van der Waals surface area contributed by atoms with E-state index in [4.69, 9.17) is 0 Å². The molecule has 1 aliphatic carbocycles. The minimum Gasteiger partial charge on any atom is -0.393 e. The Hall–Kier alpha value is -1.42. The molecule has 1 N–H and O–H groups in total. The van der Waals surface area contributed by atoms with Gasteiger partial charge in [-0.05, 0) is 43.4 Å². The summed E-state index contributed by atoms with van der Waals surface area (Å²) >= 11 is 0. The Kier molecular flexibility index (Phi) is 3.05. The summed E-state index contributed by atoms with van der Waals surface area (Å²) < 4.78 is 13.8. The molecule has 102 valence electrons. The van der Waals surface area contributed by atoms with Crippen LogP contribution in [-0.4, -0.2) is 35.1 Å². The number of aliphatic hydroxyl groups is 1. The van der Waals surface area contributed by atoms with Crippen LogP contribution in [0, 0.1) is 24.6 Å². The quantitative estimate of drug-likeness (QED) is 0.841. The molecule has 1 heterocycles. The maximum absolute atomic E-state index is 13.8. The van der Waals surface area contributed by atoms with Gasteiger partial charge in [0.2, 0.25) is 0 Å². The molecule has 3 unspecified atom stereocenters. The van der Waals surface area contributed by atoms with Gasteiger partial charge in [-0.15, -0.1) is 0 Å². The Balaban J connectivity index is 1.78. The lowest BCUT2D eigenvalue weighted by molar-refractivity contribution is 0.0748. The zero-order valence-corrected chi connectivity index (χ0v) is 11.0. The topological polar surface area (TPSA) is 40.5 Å². The highest BCUT2D eigenvalue weighted by Crippen LogP contribution is 2.38. The molecule has 0 aromatic heterocycles. The minimum atomic E-state index is -0.456. The average molecular weight is 263 g/mol. The van der Waals surface area contributed by atoms with Gasteiger partial charge < -0.3 is 10.0 Å². The van der Waals surface area contributed by atoms with Crippen molar-refractivity contribution < 1.29 is 14.3 Å². The second-order valence-corrected chi connectivity index (χ2v) is 5.76. The molecule has 4 heteroatoms. The standard InChI is InChI=1S/C15H18FNO2/c1-9-2-4-11(13(16)6-9)15(19)17-7-10-3-5-14(18)12(10)8-17/h2,4,6,10,12,14,18H,3,5,7-8H2,1H3. The molecule has 3 atom stereocenters. The van der Waals surface area contributed by atoms with Crippen LogP contribution in [0.25, 0.3) is 0 Å². The molecule has 1 aromatic carbocycles. The number of hydrogen-bond donors (Lipinski definition) is 1. The lowest BCUT2D eigenvalue weighted by Crippen LogP contribution is -2.31. The summed E-state index contributed by atoms with van der Waals surface area (Å²) in [6.45, 7) is 3.00. The van der Waals surface area contributed by atoms with E-state index in [2.05, 4.69) is 0 Å². The number of aryl methyl sites for hydroxylation is 1. The fourth-order valence-corrected chi connectivity index (χ4v) is 3.37. The molecule has 0 radical (unpaired) electrons. The molecular weight excluding hydrogens is 245 g/mol. The monoisotopic (exact) mass is 263 g/mol. The lowest BCUT2D eigenvalue weighted by Gasteiger charge is -2.19. The second kappa shape index (κ2) is 4.60. The number of nitrogens with zero attached hydrogens (tertiary/aromatic N) is 1. The number of carbonyl (C=O) groups excluding carboxylic acids is 1. The van der Waals surface area contributed by atoms with E-state index < -0.39 is 5.82 Å². The minimum absolute atomic E-state index is 0.139. The lowest BCUT2D eigenvalue weighted by atomic mass is 10.00. The highest BCUT2D eigenvalue weighted by atomic mass is 19.1. The maximum Gasteiger partial charge on any atom is 0.256 e. The summed E-state index contributed by atoms with van der Waals surface area (Å²) in [4.78, 5) is 14.0. The van der Waals surface area contributed by atoms with Crippen LogP contribution < -0.4 is 0 Å². The predicted molar refractivity (Wildman–Crippen MR) is 69.3 cm³/mol. The van der Waals surface area contributed by atoms with Gasteiger partial charge in [0.25, 0.3) is 5.91 Å². The Labute approximate surface area is 112 Å². The zero-order valence-electron chi connectivity index (χ0n) is 11.0. The first-order valence-corrected chi connectivity index (χ1v) is 6.80. The van der Waals surface area contributed by atoms with Crippen molar-refractivity contribution in [3.63, 3.8) is 0 Å². The Morgan fingerprint density at radius 3 is 2.84 bits per heavy atom. The molecule has 1 aliphatic heterocycles. The van der Waals surface area contributed by atoms with Crippen molar-refractivity contribution >= 4 is 5.91 Å². The van der Waals surface area contributed by atoms with Gasteiger partial charge in [0.05, 0.1) is 11.7 Å². The van der Waals surface area contributed by atoms with E-state index in [1.807, 2.05) is 0 Å². The third-order valence-corrected chi connectivity index (χ3v) is 4.46.